The topological polar surface area (TPSA) is 26.0 Å². The van der Waals surface area contributed by atoms with Crippen LogP contribution in [0.2, 0.25) is 5.02 Å². The van der Waals surface area contributed by atoms with Gasteiger partial charge in [0, 0.05) is 10.6 Å². The largest absolute Gasteiger partial charge is 0.321 e. The number of rotatable bonds is 2. The Hall–Kier alpha value is -0.530. The van der Waals surface area contributed by atoms with E-state index in [1.165, 1.54) is 11.1 Å². The first-order valence-electron chi connectivity index (χ1n) is 4.73. The second-order valence-electron chi connectivity index (χ2n) is 3.86. The third-order valence-electron chi connectivity index (χ3n) is 2.73. The molecule has 0 atom stereocenters. The number of nitrogens with two attached hydrogens (primary N) is 1. The first-order chi connectivity index (χ1) is 6.14. The quantitative estimate of drug-likeness (QED) is 0.772. The molecule has 1 aliphatic carbocycles. The van der Waals surface area contributed by atoms with Crippen molar-refractivity contribution in [3.63, 3.8) is 0 Å². The normalized spacial score (nSPS) is 18.7. The lowest BCUT2D eigenvalue weighted by atomic mass is 10.0. The molecular formula is C11H14ClN. The van der Waals surface area contributed by atoms with E-state index in [0.29, 0.717) is 0 Å². The molecule has 2 N–H and O–H groups in total. The van der Waals surface area contributed by atoms with Crippen LogP contribution in [0.5, 0.6) is 0 Å². The molecule has 1 fully saturated rings. The fraction of sp³-hybridized carbons (Fsp3) is 0.455. The van der Waals surface area contributed by atoms with Crippen molar-refractivity contribution in [2.45, 2.75) is 31.7 Å². The van der Waals surface area contributed by atoms with Crippen molar-refractivity contribution in [3.05, 3.63) is 34.3 Å². The van der Waals surface area contributed by atoms with E-state index < -0.39 is 0 Å². The molecular weight excluding hydrogens is 182 g/mol. The lowest BCUT2D eigenvalue weighted by Crippen LogP contribution is -2.18. The van der Waals surface area contributed by atoms with Crippen LogP contribution in [0.3, 0.4) is 0 Å². The second-order valence-corrected chi connectivity index (χ2v) is 4.29. The lowest BCUT2D eigenvalue weighted by molar-refractivity contribution is 0.738. The molecule has 1 aromatic carbocycles. The number of aryl methyl sites for hydroxylation is 1. The Kier molecular flexibility index (Phi) is 2.09. The van der Waals surface area contributed by atoms with E-state index in [4.69, 9.17) is 17.3 Å². The summed E-state index contributed by atoms with van der Waals surface area (Å²) in [5.41, 5.74) is 8.52. The van der Waals surface area contributed by atoms with E-state index >= 15 is 0 Å². The maximum absolute atomic E-state index is 6.10. The average molecular weight is 196 g/mol. The molecule has 0 spiro atoms. The maximum Gasteiger partial charge on any atom is 0.0412 e. The van der Waals surface area contributed by atoms with Crippen LogP contribution in [0.25, 0.3) is 0 Å². The predicted molar refractivity (Wildman–Crippen MR) is 55.9 cm³/mol. The van der Waals surface area contributed by atoms with Gasteiger partial charge in [0.15, 0.2) is 0 Å². The number of benzene rings is 1. The van der Waals surface area contributed by atoms with Gasteiger partial charge in [0.1, 0.15) is 0 Å². The Morgan fingerprint density at radius 2 is 2.08 bits per heavy atom. The molecule has 2 heteroatoms. The van der Waals surface area contributed by atoms with Crippen LogP contribution in [-0.4, -0.2) is 0 Å². The van der Waals surface area contributed by atoms with Crippen LogP contribution in [0.1, 0.15) is 30.9 Å². The molecule has 0 bridgehead atoms. The van der Waals surface area contributed by atoms with Gasteiger partial charge in [-0.05, 0) is 42.5 Å². The molecule has 1 nitrogen and oxygen atoms in total. The Bertz CT molecular complexity index is 329. The van der Waals surface area contributed by atoms with Crippen molar-refractivity contribution in [1.82, 2.24) is 0 Å². The molecule has 0 unspecified atom stereocenters. The third kappa shape index (κ3) is 1.72. The number of halogens is 1. The lowest BCUT2D eigenvalue weighted by Gasteiger charge is -2.11. The standard InChI is InChI=1S/C11H14ClN/c1-2-8-5-9(7-10(12)6-8)11(13)3-4-11/h5-7H,2-4,13H2,1H3. The van der Waals surface area contributed by atoms with Crippen molar-refractivity contribution < 1.29 is 0 Å². The minimum Gasteiger partial charge on any atom is -0.321 e. The zero-order valence-corrected chi connectivity index (χ0v) is 8.56. The van der Waals surface area contributed by atoms with E-state index in [2.05, 4.69) is 13.0 Å². The Labute approximate surface area is 83.9 Å². The molecule has 0 heterocycles. The SMILES string of the molecule is CCc1cc(Cl)cc(C2(N)CC2)c1. The van der Waals surface area contributed by atoms with Crippen LogP contribution in [0.4, 0.5) is 0 Å². The van der Waals surface area contributed by atoms with Gasteiger partial charge in [-0.3, -0.25) is 0 Å². The van der Waals surface area contributed by atoms with E-state index in [1.54, 1.807) is 0 Å². The van der Waals surface area contributed by atoms with E-state index in [1.807, 2.05) is 12.1 Å². The monoisotopic (exact) mass is 195 g/mol. The fourth-order valence-corrected chi connectivity index (χ4v) is 1.82. The number of hydrogen-bond acceptors (Lipinski definition) is 1. The summed E-state index contributed by atoms with van der Waals surface area (Å²) in [6, 6.07) is 6.18. The summed E-state index contributed by atoms with van der Waals surface area (Å²) in [6.07, 6.45) is 3.20. The van der Waals surface area contributed by atoms with Gasteiger partial charge in [-0.1, -0.05) is 24.6 Å². The summed E-state index contributed by atoms with van der Waals surface area (Å²) in [5.74, 6) is 0. The van der Waals surface area contributed by atoms with Gasteiger partial charge in [0.2, 0.25) is 0 Å². The second kappa shape index (κ2) is 3.00. The van der Waals surface area contributed by atoms with Crippen LogP contribution in [0.15, 0.2) is 18.2 Å². The molecule has 0 radical (unpaired) electrons. The van der Waals surface area contributed by atoms with Crippen molar-refractivity contribution in [2.24, 2.45) is 5.73 Å². The van der Waals surface area contributed by atoms with Gasteiger partial charge in [-0.2, -0.15) is 0 Å². The van der Waals surface area contributed by atoms with E-state index in [0.717, 1.165) is 24.3 Å². The summed E-state index contributed by atoms with van der Waals surface area (Å²) in [5, 5.41) is 0.811. The molecule has 1 aromatic rings. The highest BCUT2D eigenvalue weighted by molar-refractivity contribution is 6.30. The summed E-state index contributed by atoms with van der Waals surface area (Å²) >= 11 is 6.01. The zero-order valence-electron chi connectivity index (χ0n) is 7.81. The first-order valence-corrected chi connectivity index (χ1v) is 5.11. The fourth-order valence-electron chi connectivity index (χ4n) is 1.57. The van der Waals surface area contributed by atoms with Gasteiger partial charge in [-0.15, -0.1) is 0 Å². The molecule has 1 saturated carbocycles. The molecule has 0 saturated heterocycles. The molecule has 13 heavy (non-hydrogen) atoms. The summed E-state index contributed by atoms with van der Waals surface area (Å²) < 4.78 is 0. The van der Waals surface area contributed by atoms with Crippen LogP contribution < -0.4 is 5.73 Å². The molecule has 1 aliphatic rings. The molecule has 0 amide bonds. The maximum atomic E-state index is 6.10. The first kappa shape index (κ1) is 9.04. The van der Waals surface area contributed by atoms with Gasteiger partial charge in [-0.25, -0.2) is 0 Å². The van der Waals surface area contributed by atoms with Crippen LogP contribution in [0, 0.1) is 0 Å². The molecule has 0 aliphatic heterocycles. The van der Waals surface area contributed by atoms with Gasteiger partial charge >= 0.3 is 0 Å². The molecule has 0 aromatic heterocycles. The molecule has 70 valence electrons. The minimum absolute atomic E-state index is 0.0607. The summed E-state index contributed by atoms with van der Waals surface area (Å²) in [4.78, 5) is 0. The Balaban J connectivity index is 2.40. The van der Waals surface area contributed by atoms with E-state index in [-0.39, 0.29) is 5.54 Å². The Morgan fingerprint density at radius 1 is 1.38 bits per heavy atom. The van der Waals surface area contributed by atoms with E-state index in [9.17, 15) is 0 Å². The van der Waals surface area contributed by atoms with Crippen molar-refractivity contribution in [1.29, 1.82) is 0 Å². The summed E-state index contributed by atoms with van der Waals surface area (Å²) in [6.45, 7) is 2.13. The summed E-state index contributed by atoms with van der Waals surface area (Å²) in [7, 11) is 0. The van der Waals surface area contributed by atoms with Gasteiger partial charge in [0.05, 0.1) is 0 Å². The zero-order chi connectivity index (χ0) is 9.47. The van der Waals surface area contributed by atoms with Gasteiger partial charge < -0.3 is 5.73 Å². The Morgan fingerprint density at radius 3 is 2.62 bits per heavy atom. The van der Waals surface area contributed by atoms with Crippen molar-refractivity contribution >= 4 is 11.6 Å². The average Bonchev–Trinajstić information content (AvgIpc) is 2.84. The van der Waals surface area contributed by atoms with Crippen LogP contribution >= 0.6 is 11.6 Å². The smallest absolute Gasteiger partial charge is 0.0412 e. The van der Waals surface area contributed by atoms with Crippen molar-refractivity contribution in [3.8, 4) is 0 Å². The molecule has 2 rings (SSSR count). The number of hydrogen-bond donors (Lipinski definition) is 1. The third-order valence-corrected chi connectivity index (χ3v) is 2.95. The van der Waals surface area contributed by atoms with Crippen LogP contribution in [-0.2, 0) is 12.0 Å². The van der Waals surface area contributed by atoms with Gasteiger partial charge in [0.25, 0.3) is 0 Å². The highest BCUT2D eigenvalue weighted by Gasteiger charge is 2.40. The minimum atomic E-state index is -0.0607. The highest BCUT2D eigenvalue weighted by atomic mass is 35.5. The highest BCUT2D eigenvalue weighted by Crippen LogP contribution is 2.43. The van der Waals surface area contributed by atoms with Crippen molar-refractivity contribution in [2.75, 3.05) is 0 Å². The predicted octanol–water partition coefficient (Wildman–Crippen LogP) is 2.85.